The highest BCUT2D eigenvalue weighted by Gasteiger charge is 2.35. The number of rotatable bonds is 5. The number of nitrogens with zero attached hydrogens (tertiary/aromatic N) is 1. The number of amides is 2. The monoisotopic (exact) mass is 344 g/mol. The largest absolute Gasteiger partial charge is 0.368 e. The molecule has 2 fully saturated rings. The Hall–Kier alpha value is -1.88. The number of carbonyl (C=O) groups excluding carboxylic acids is 2. The van der Waals surface area contributed by atoms with Crippen LogP contribution in [0.3, 0.4) is 0 Å². The third kappa shape index (κ3) is 4.82. The maximum Gasteiger partial charge on any atom is 0.251 e. The quantitative estimate of drug-likeness (QED) is 0.890. The van der Waals surface area contributed by atoms with Gasteiger partial charge in [0.15, 0.2) is 0 Å². The molecule has 0 spiro atoms. The fourth-order valence-electron chi connectivity index (χ4n) is 3.64. The van der Waals surface area contributed by atoms with E-state index in [1.165, 1.54) is 5.56 Å². The zero-order valence-electron chi connectivity index (χ0n) is 14.9. The van der Waals surface area contributed by atoms with E-state index in [-0.39, 0.29) is 24.0 Å². The van der Waals surface area contributed by atoms with Crippen molar-refractivity contribution in [2.75, 3.05) is 19.7 Å². The van der Waals surface area contributed by atoms with Crippen LogP contribution in [0.1, 0.15) is 38.2 Å². The summed E-state index contributed by atoms with van der Waals surface area (Å²) in [6.45, 7) is 4.17. The van der Waals surface area contributed by atoms with Crippen LogP contribution in [0, 0.1) is 5.92 Å². The minimum absolute atomic E-state index is 0.0985. The number of aryl methyl sites for hydroxylation is 1. The summed E-state index contributed by atoms with van der Waals surface area (Å²) >= 11 is 0. The Morgan fingerprint density at radius 1 is 1.16 bits per heavy atom. The minimum Gasteiger partial charge on any atom is -0.368 e. The van der Waals surface area contributed by atoms with E-state index in [0.717, 1.165) is 25.7 Å². The Morgan fingerprint density at radius 2 is 1.88 bits per heavy atom. The van der Waals surface area contributed by atoms with E-state index < -0.39 is 0 Å². The first-order valence-electron chi connectivity index (χ1n) is 9.37. The van der Waals surface area contributed by atoms with Crippen molar-refractivity contribution in [3.8, 4) is 0 Å². The molecule has 0 saturated carbocycles. The summed E-state index contributed by atoms with van der Waals surface area (Å²) < 4.78 is 5.58. The van der Waals surface area contributed by atoms with Crippen LogP contribution in [-0.2, 0) is 20.7 Å². The molecule has 2 heterocycles. The molecule has 0 aliphatic carbocycles. The van der Waals surface area contributed by atoms with Crippen molar-refractivity contribution in [1.29, 1.82) is 0 Å². The van der Waals surface area contributed by atoms with Gasteiger partial charge in [-0.2, -0.15) is 0 Å². The molecule has 2 saturated heterocycles. The SMILES string of the molecule is C[C@H]1CCO[C@H]1C(=O)N1CCC(NC(=O)CCc2ccccc2)CC1. The highest BCUT2D eigenvalue weighted by atomic mass is 16.5. The number of hydrogen-bond donors (Lipinski definition) is 1. The minimum atomic E-state index is -0.267. The van der Waals surface area contributed by atoms with Gasteiger partial charge in [0.05, 0.1) is 0 Å². The first-order chi connectivity index (χ1) is 12.1. The van der Waals surface area contributed by atoms with Crippen molar-refractivity contribution in [2.24, 2.45) is 5.92 Å². The van der Waals surface area contributed by atoms with E-state index >= 15 is 0 Å². The zero-order valence-corrected chi connectivity index (χ0v) is 14.9. The van der Waals surface area contributed by atoms with Crippen LogP contribution >= 0.6 is 0 Å². The van der Waals surface area contributed by atoms with Crippen molar-refractivity contribution >= 4 is 11.8 Å². The molecule has 1 aromatic rings. The van der Waals surface area contributed by atoms with Gasteiger partial charge in [0.2, 0.25) is 5.91 Å². The molecule has 1 N–H and O–H groups in total. The summed E-state index contributed by atoms with van der Waals surface area (Å²) in [7, 11) is 0. The zero-order chi connectivity index (χ0) is 17.6. The Kier molecular flexibility index (Phi) is 6.08. The van der Waals surface area contributed by atoms with Gasteiger partial charge in [-0.05, 0) is 37.2 Å². The maximum absolute atomic E-state index is 12.5. The number of nitrogens with one attached hydrogen (secondary N) is 1. The first-order valence-corrected chi connectivity index (χ1v) is 9.37. The Balaban J connectivity index is 1.38. The van der Waals surface area contributed by atoms with Crippen LogP contribution in [0.2, 0.25) is 0 Å². The fraction of sp³-hybridized carbons (Fsp3) is 0.600. The molecule has 136 valence electrons. The molecule has 0 unspecified atom stereocenters. The Bertz CT molecular complexity index is 582. The summed E-state index contributed by atoms with van der Waals surface area (Å²) in [6.07, 6.45) is 3.62. The van der Waals surface area contributed by atoms with E-state index in [1.54, 1.807) is 0 Å². The van der Waals surface area contributed by atoms with Crippen molar-refractivity contribution in [3.05, 3.63) is 35.9 Å². The van der Waals surface area contributed by atoms with Crippen molar-refractivity contribution in [3.63, 3.8) is 0 Å². The van der Waals surface area contributed by atoms with E-state index in [2.05, 4.69) is 12.2 Å². The normalized spacial score (nSPS) is 24.3. The summed E-state index contributed by atoms with van der Waals surface area (Å²) in [4.78, 5) is 26.6. The van der Waals surface area contributed by atoms with Gasteiger partial charge in [0.1, 0.15) is 6.10 Å². The van der Waals surface area contributed by atoms with Gasteiger partial charge in [-0.15, -0.1) is 0 Å². The van der Waals surface area contributed by atoms with E-state index in [9.17, 15) is 9.59 Å². The molecule has 2 atom stereocenters. The lowest BCUT2D eigenvalue weighted by atomic mass is 10.00. The van der Waals surface area contributed by atoms with Gasteiger partial charge in [0.25, 0.3) is 5.91 Å². The third-order valence-electron chi connectivity index (χ3n) is 5.29. The highest BCUT2D eigenvalue weighted by Crippen LogP contribution is 2.23. The molecule has 0 aromatic heterocycles. The number of likely N-dealkylation sites (tertiary alicyclic amines) is 1. The summed E-state index contributed by atoms with van der Waals surface area (Å²) in [5.74, 6) is 0.531. The van der Waals surface area contributed by atoms with Crippen LogP contribution in [0.15, 0.2) is 30.3 Å². The molecular weight excluding hydrogens is 316 g/mol. The maximum atomic E-state index is 12.5. The second-order valence-electron chi connectivity index (χ2n) is 7.21. The summed E-state index contributed by atoms with van der Waals surface area (Å²) in [6, 6.07) is 10.2. The average Bonchev–Trinajstić information content (AvgIpc) is 3.07. The van der Waals surface area contributed by atoms with Crippen molar-refractivity contribution < 1.29 is 14.3 Å². The van der Waals surface area contributed by atoms with Crippen LogP contribution in [-0.4, -0.2) is 48.6 Å². The molecule has 5 nitrogen and oxygen atoms in total. The number of hydrogen-bond acceptors (Lipinski definition) is 3. The van der Waals surface area contributed by atoms with Crippen LogP contribution in [0.25, 0.3) is 0 Å². The van der Waals surface area contributed by atoms with E-state index in [0.29, 0.717) is 32.0 Å². The third-order valence-corrected chi connectivity index (χ3v) is 5.29. The van der Waals surface area contributed by atoms with Crippen LogP contribution < -0.4 is 5.32 Å². The molecule has 3 rings (SSSR count). The predicted octanol–water partition coefficient (Wildman–Crippen LogP) is 2.15. The van der Waals surface area contributed by atoms with E-state index in [1.807, 2.05) is 35.2 Å². The van der Waals surface area contributed by atoms with Gasteiger partial charge in [-0.3, -0.25) is 9.59 Å². The molecule has 0 bridgehead atoms. The molecule has 2 aliphatic heterocycles. The van der Waals surface area contributed by atoms with Crippen LogP contribution in [0.4, 0.5) is 0 Å². The van der Waals surface area contributed by atoms with Gasteiger partial charge in [-0.25, -0.2) is 0 Å². The average molecular weight is 344 g/mol. The standard InChI is InChI=1S/C20H28N2O3/c1-15-11-14-25-19(15)20(24)22-12-9-17(10-13-22)21-18(23)8-7-16-5-3-2-4-6-16/h2-6,15,17,19H,7-14H2,1H3,(H,21,23)/t15-,19+/m0/s1. The smallest absolute Gasteiger partial charge is 0.251 e. The van der Waals surface area contributed by atoms with Crippen LogP contribution in [0.5, 0.6) is 0 Å². The molecule has 0 radical (unpaired) electrons. The number of benzene rings is 1. The molecule has 1 aromatic carbocycles. The second-order valence-corrected chi connectivity index (χ2v) is 7.21. The van der Waals surface area contributed by atoms with Gasteiger partial charge in [-0.1, -0.05) is 37.3 Å². The Labute approximate surface area is 149 Å². The number of piperidine rings is 1. The molecule has 5 heteroatoms. The second kappa shape index (κ2) is 8.48. The summed E-state index contributed by atoms with van der Waals surface area (Å²) in [5, 5.41) is 3.12. The topological polar surface area (TPSA) is 58.6 Å². The summed E-state index contributed by atoms with van der Waals surface area (Å²) in [5.41, 5.74) is 1.18. The fourth-order valence-corrected chi connectivity index (χ4v) is 3.64. The van der Waals surface area contributed by atoms with E-state index in [4.69, 9.17) is 4.74 Å². The van der Waals surface area contributed by atoms with Crippen molar-refractivity contribution in [1.82, 2.24) is 10.2 Å². The molecule has 2 amide bonds. The lowest BCUT2D eigenvalue weighted by molar-refractivity contribution is -0.143. The molecule has 25 heavy (non-hydrogen) atoms. The Morgan fingerprint density at radius 3 is 2.52 bits per heavy atom. The highest BCUT2D eigenvalue weighted by molar-refractivity contribution is 5.81. The van der Waals surface area contributed by atoms with Gasteiger partial charge in [0, 0.05) is 32.2 Å². The number of ether oxygens (including phenoxy) is 1. The lowest BCUT2D eigenvalue weighted by Gasteiger charge is -2.34. The molecular formula is C20H28N2O3. The van der Waals surface area contributed by atoms with Crippen molar-refractivity contribution in [2.45, 2.75) is 51.2 Å². The van der Waals surface area contributed by atoms with Gasteiger partial charge >= 0.3 is 0 Å². The number of carbonyl (C=O) groups is 2. The predicted molar refractivity (Wildman–Crippen MR) is 96.0 cm³/mol. The van der Waals surface area contributed by atoms with Gasteiger partial charge < -0.3 is 15.0 Å². The lowest BCUT2D eigenvalue weighted by Crippen LogP contribution is -2.49. The molecule has 2 aliphatic rings. The first kappa shape index (κ1) is 17.9.